The first-order chi connectivity index (χ1) is 7.22. The average Bonchev–Trinajstić information content (AvgIpc) is 2.30. The number of nitrogens with one attached hydrogen (secondary N) is 1. The Morgan fingerprint density at radius 3 is 2.20 bits per heavy atom. The molecule has 0 aromatic heterocycles. The normalized spacial score (nSPS) is 8.80. The summed E-state index contributed by atoms with van der Waals surface area (Å²) in [5.74, 6) is 0.0978. The number of carbonyl (C=O) groups is 1. The molecular weight excluding hydrogens is 186 g/mol. The Morgan fingerprint density at radius 1 is 1.20 bits per heavy atom. The molecule has 0 aliphatic heterocycles. The highest BCUT2D eigenvalue weighted by atomic mass is 16.1. The molecule has 1 N–H and O–H groups in total. The van der Waals surface area contributed by atoms with Crippen molar-refractivity contribution in [3.05, 3.63) is 35.4 Å². The van der Waals surface area contributed by atoms with E-state index in [1.165, 1.54) is 5.56 Å². The van der Waals surface area contributed by atoms with E-state index in [0.717, 1.165) is 5.56 Å². The molecule has 1 amide bonds. The predicted octanol–water partition coefficient (Wildman–Crippen LogP) is 3.05. The Balaban J connectivity index is 0.000000921. The van der Waals surface area contributed by atoms with Crippen molar-refractivity contribution in [1.82, 2.24) is 5.32 Å². The summed E-state index contributed by atoms with van der Waals surface area (Å²) in [5, 5.41) is 2.83. The van der Waals surface area contributed by atoms with Crippen LogP contribution in [0.1, 0.15) is 38.3 Å². The number of hydrogen-bond donors (Lipinski definition) is 1. The molecular formula is C13H21NO. The number of rotatable bonds is 3. The molecule has 0 heterocycles. The number of aryl methyl sites for hydroxylation is 1. The summed E-state index contributed by atoms with van der Waals surface area (Å²) < 4.78 is 0. The molecule has 2 nitrogen and oxygen atoms in total. The molecule has 0 bridgehead atoms. The van der Waals surface area contributed by atoms with Gasteiger partial charge in [0.2, 0.25) is 5.91 Å². The van der Waals surface area contributed by atoms with E-state index in [1.54, 1.807) is 0 Å². The van der Waals surface area contributed by atoms with Crippen LogP contribution < -0.4 is 5.32 Å². The van der Waals surface area contributed by atoms with E-state index in [2.05, 4.69) is 12.2 Å². The smallest absolute Gasteiger partial charge is 0.219 e. The van der Waals surface area contributed by atoms with Crippen LogP contribution in [0.5, 0.6) is 0 Å². The van der Waals surface area contributed by atoms with Crippen LogP contribution in [-0.2, 0) is 11.3 Å². The maximum absolute atomic E-state index is 10.9. The summed E-state index contributed by atoms with van der Waals surface area (Å²) in [5.41, 5.74) is 2.39. The zero-order valence-electron chi connectivity index (χ0n) is 10.1. The van der Waals surface area contributed by atoms with Crippen LogP contribution in [0, 0.1) is 6.92 Å². The first-order valence-electron chi connectivity index (χ1n) is 5.54. The molecule has 0 aliphatic carbocycles. The molecule has 1 rings (SSSR count). The highest BCUT2D eigenvalue weighted by molar-refractivity contribution is 5.75. The third-order valence-electron chi connectivity index (χ3n) is 1.93. The summed E-state index contributed by atoms with van der Waals surface area (Å²) in [4.78, 5) is 10.9. The first-order valence-corrected chi connectivity index (χ1v) is 5.54. The Hall–Kier alpha value is -1.31. The minimum absolute atomic E-state index is 0.0978. The van der Waals surface area contributed by atoms with Gasteiger partial charge < -0.3 is 5.32 Å². The van der Waals surface area contributed by atoms with Gasteiger partial charge >= 0.3 is 0 Å². The van der Waals surface area contributed by atoms with Gasteiger partial charge in [-0.05, 0) is 12.5 Å². The molecule has 0 spiro atoms. The monoisotopic (exact) mass is 207 g/mol. The van der Waals surface area contributed by atoms with Crippen LogP contribution in [0.2, 0.25) is 0 Å². The van der Waals surface area contributed by atoms with E-state index in [4.69, 9.17) is 0 Å². The van der Waals surface area contributed by atoms with E-state index < -0.39 is 0 Å². The lowest BCUT2D eigenvalue weighted by molar-refractivity contribution is -0.120. The number of hydrogen-bond acceptors (Lipinski definition) is 1. The Bertz CT molecular complexity index is 277. The Kier molecular flexibility index (Phi) is 7.33. The van der Waals surface area contributed by atoms with Crippen molar-refractivity contribution in [2.24, 2.45) is 0 Å². The molecule has 1 aromatic carbocycles. The second-order valence-electron chi connectivity index (χ2n) is 3.12. The Morgan fingerprint density at radius 2 is 1.73 bits per heavy atom. The molecule has 0 atom stereocenters. The van der Waals surface area contributed by atoms with Crippen LogP contribution in [-0.4, -0.2) is 5.91 Å². The van der Waals surface area contributed by atoms with Crippen LogP contribution in [0.3, 0.4) is 0 Å². The zero-order chi connectivity index (χ0) is 11.7. The van der Waals surface area contributed by atoms with E-state index in [-0.39, 0.29) is 5.91 Å². The zero-order valence-corrected chi connectivity index (χ0v) is 10.1. The molecule has 0 fully saturated rings. The summed E-state index contributed by atoms with van der Waals surface area (Å²) in [6.45, 7) is 8.53. The number of carbonyl (C=O) groups excluding carboxylic acids is 1. The van der Waals surface area contributed by atoms with Gasteiger partial charge in [0.25, 0.3) is 0 Å². The summed E-state index contributed by atoms with van der Waals surface area (Å²) in [7, 11) is 0. The van der Waals surface area contributed by atoms with Crippen molar-refractivity contribution in [1.29, 1.82) is 0 Å². The molecule has 0 aliphatic rings. The van der Waals surface area contributed by atoms with E-state index in [9.17, 15) is 4.79 Å². The van der Waals surface area contributed by atoms with E-state index in [1.807, 2.05) is 45.0 Å². The minimum atomic E-state index is 0.0978. The van der Waals surface area contributed by atoms with Gasteiger partial charge in [-0.2, -0.15) is 0 Å². The number of benzene rings is 1. The van der Waals surface area contributed by atoms with Crippen molar-refractivity contribution in [3.8, 4) is 0 Å². The van der Waals surface area contributed by atoms with Gasteiger partial charge in [-0.15, -0.1) is 0 Å². The molecule has 15 heavy (non-hydrogen) atoms. The standard InChI is InChI=1S/C11H15NO.C2H6/c1-3-11(13)12-8-10-6-4-9(2)5-7-10;1-2/h4-7H,3,8H2,1-2H3,(H,12,13);1-2H3. The topological polar surface area (TPSA) is 29.1 Å². The molecule has 0 unspecified atom stereocenters. The van der Waals surface area contributed by atoms with Gasteiger partial charge in [-0.3, -0.25) is 4.79 Å². The predicted molar refractivity (Wildman–Crippen MR) is 64.7 cm³/mol. The van der Waals surface area contributed by atoms with E-state index in [0.29, 0.717) is 13.0 Å². The van der Waals surface area contributed by atoms with Crippen molar-refractivity contribution < 1.29 is 4.79 Å². The summed E-state index contributed by atoms with van der Waals surface area (Å²) in [6.07, 6.45) is 0.547. The fourth-order valence-electron chi connectivity index (χ4n) is 1.03. The SMILES string of the molecule is CC.CCC(=O)NCc1ccc(C)cc1. The van der Waals surface area contributed by atoms with Crippen LogP contribution in [0.15, 0.2) is 24.3 Å². The number of amides is 1. The molecule has 2 heteroatoms. The lowest BCUT2D eigenvalue weighted by atomic mass is 10.1. The van der Waals surface area contributed by atoms with Crippen molar-refractivity contribution in [2.45, 2.75) is 40.7 Å². The fraction of sp³-hybridized carbons (Fsp3) is 0.462. The lowest BCUT2D eigenvalue weighted by Gasteiger charge is -2.03. The van der Waals surface area contributed by atoms with Crippen molar-refractivity contribution >= 4 is 5.91 Å². The quantitative estimate of drug-likeness (QED) is 0.811. The Labute approximate surface area is 92.7 Å². The first kappa shape index (κ1) is 13.7. The largest absolute Gasteiger partial charge is 0.352 e. The highest BCUT2D eigenvalue weighted by Gasteiger charge is 1.96. The minimum Gasteiger partial charge on any atom is -0.352 e. The maximum atomic E-state index is 10.9. The maximum Gasteiger partial charge on any atom is 0.219 e. The highest BCUT2D eigenvalue weighted by Crippen LogP contribution is 2.02. The van der Waals surface area contributed by atoms with Crippen molar-refractivity contribution in [2.75, 3.05) is 0 Å². The fourth-order valence-corrected chi connectivity index (χ4v) is 1.03. The second-order valence-corrected chi connectivity index (χ2v) is 3.12. The third kappa shape index (κ3) is 5.89. The lowest BCUT2D eigenvalue weighted by Crippen LogP contribution is -2.21. The average molecular weight is 207 g/mol. The van der Waals surface area contributed by atoms with Crippen LogP contribution in [0.4, 0.5) is 0 Å². The van der Waals surface area contributed by atoms with E-state index >= 15 is 0 Å². The van der Waals surface area contributed by atoms with Crippen molar-refractivity contribution in [3.63, 3.8) is 0 Å². The molecule has 0 saturated heterocycles. The second kappa shape index (κ2) is 8.04. The van der Waals surface area contributed by atoms with Gasteiger partial charge in [-0.1, -0.05) is 50.6 Å². The van der Waals surface area contributed by atoms with Gasteiger partial charge in [-0.25, -0.2) is 0 Å². The van der Waals surface area contributed by atoms with Gasteiger partial charge in [0.05, 0.1) is 0 Å². The summed E-state index contributed by atoms with van der Waals surface area (Å²) in [6, 6.07) is 8.16. The molecule has 0 radical (unpaired) electrons. The molecule has 0 saturated carbocycles. The molecule has 1 aromatic rings. The van der Waals surface area contributed by atoms with Gasteiger partial charge in [0.1, 0.15) is 0 Å². The summed E-state index contributed by atoms with van der Waals surface area (Å²) >= 11 is 0. The third-order valence-corrected chi connectivity index (χ3v) is 1.93. The van der Waals surface area contributed by atoms with Gasteiger partial charge in [0.15, 0.2) is 0 Å². The van der Waals surface area contributed by atoms with Gasteiger partial charge in [0, 0.05) is 13.0 Å². The molecule has 84 valence electrons. The van der Waals surface area contributed by atoms with Crippen LogP contribution in [0.25, 0.3) is 0 Å². The van der Waals surface area contributed by atoms with Crippen LogP contribution >= 0.6 is 0 Å².